The first-order valence-corrected chi connectivity index (χ1v) is 8.44. The summed E-state index contributed by atoms with van der Waals surface area (Å²) in [4.78, 5) is 18.7. The first kappa shape index (κ1) is 15.6. The van der Waals surface area contributed by atoms with Crippen molar-refractivity contribution in [3.63, 3.8) is 0 Å². The van der Waals surface area contributed by atoms with Gasteiger partial charge in [0, 0.05) is 31.3 Å². The van der Waals surface area contributed by atoms with Crippen LogP contribution in [0.1, 0.15) is 17.4 Å². The summed E-state index contributed by atoms with van der Waals surface area (Å²) in [6.07, 6.45) is 2.04. The lowest BCUT2D eigenvalue weighted by Crippen LogP contribution is -2.29. The SMILES string of the molecule is CCNc1nc(C(=O)N(C)CCSC)cc2ccccc12. The van der Waals surface area contributed by atoms with Gasteiger partial charge in [-0.1, -0.05) is 24.3 Å². The molecule has 0 aliphatic heterocycles. The molecule has 0 aliphatic carbocycles. The molecule has 1 amide bonds. The summed E-state index contributed by atoms with van der Waals surface area (Å²) in [5.74, 6) is 1.67. The highest BCUT2D eigenvalue weighted by Crippen LogP contribution is 2.23. The standard InChI is InChI=1S/C16H21N3OS/c1-4-17-15-13-8-6-5-7-12(13)11-14(18-15)16(20)19(2)9-10-21-3/h5-8,11H,4,9-10H2,1-3H3,(H,17,18). The van der Waals surface area contributed by atoms with Crippen molar-refractivity contribution in [1.29, 1.82) is 0 Å². The second kappa shape index (κ2) is 7.31. The zero-order valence-electron chi connectivity index (χ0n) is 12.7. The number of rotatable bonds is 6. The fourth-order valence-corrected chi connectivity index (χ4v) is 2.59. The molecule has 4 nitrogen and oxygen atoms in total. The van der Waals surface area contributed by atoms with E-state index >= 15 is 0 Å². The van der Waals surface area contributed by atoms with Crippen molar-refractivity contribution in [1.82, 2.24) is 9.88 Å². The third-order valence-corrected chi connectivity index (χ3v) is 3.87. The maximum absolute atomic E-state index is 12.5. The van der Waals surface area contributed by atoms with Crippen molar-refractivity contribution in [3.8, 4) is 0 Å². The summed E-state index contributed by atoms with van der Waals surface area (Å²) in [5, 5.41) is 5.32. The van der Waals surface area contributed by atoms with Crippen LogP contribution >= 0.6 is 11.8 Å². The van der Waals surface area contributed by atoms with Crippen LogP contribution < -0.4 is 5.32 Å². The first-order valence-electron chi connectivity index (χ1n) is 7.05. The molecular formula is C16H21N3OS. The molecule has 0 unspecified atom stereocenters. The van der Waals surface area contributed by atoms with Crippen LogP contribution in [-0.2, 0) is 0 Å². The molecule has 5 heteroatoms. The molecule has 0 saturated carbocycles. The predicted octanol–water partition coefficient (Wildman–Crippen LogP) is 3.10. The molecular weight excluding hydrogens is 282 g/mol. The average molecular weight is 303 g/mol. The van der Waals surface area contributed by atoms with Crippen molar-refractivity contribution >= 4 is 34.3 Å². The van der Waals surface area contributed by atoms with Gasteiger partial charge in [0.05, 0.1) is 0 Å². The molecule has 0 saturated heterocycles. The lowest BCUT2D eigenvalue weighted by Gasteiger charge is -2.17. The van der Waals surface area contributed by atoms with Crippen molar-refractivity contribution in [3.05, 3.63) is 36.0 Å². The van der Waals surface area contributed by atoms with E-state index in [2.05, 4.69) is 10.3 Å². The number of hydrogen-bond acceptors (Lipinski definition) is 4. The van der Waals surface area contributed by atoms with Gasteiger partial charge in [-0.05, 0) is 24.6 Å². The molecule has 0 atom stereocenters. The van der Waals surface area contributed by atoms with Crippen LogP contribution in [0.4, 0.5) is 5.82 Å². The molecule has 0 bridgehead atoms. The van der Waals surface area contributed by atoms with E-state index in [4.69, 9.17) is 0 Å². The summed E-state index contributed by atoms with van der Waals surface area (Å²) in [7, 11) is 1.82. The molecule has 21 heavy (non-hydrogen) atoms. The van der Waals surface area contributed by atoms with Crippen molar-refractivity contribution in [2.24, 2.45) is 0 Å². The topological polar surface area (TPSA) is 45.2 Å². The van der Waals surface area contributed by atoms with Crippen LogP contribution in [0.25, 0.3) is 10.8 Å². The van der Waals surface area contributed by atoms with Gasteiger partial charge in [-0.3, -0.25) is 4.79 Å². The molecule has 2 aromatic rings. The predicted molar refractivity (Wildman–Crippen MR) is 91.2 cm³/mol. The normalized spacial score (nSPS) is 10.6. The van der Waals surface area contributed by atoms with E-state index < -0.39 is 0 Å². The molecule has 1 heterocycles. The molecule has 1 aromatic carbocycles. The number of pyridine rings is 1. The van der Waals surface area contributed by atoms with E-state index in [1.807, 2.05) is 50.6 Å². The second-order valence-corrected chi connectivity index (χ2v) is 5.81. The van der Waals surface area contributed by atoms with Gasteiger partial charge >= 0.3 is 0 Å². The number of nitrogens with zero attached hydrogens (tertiary/aromatic N) is 2. The summed E-state index contributed by atoms with van der Waals surface area (Å²) >= 11 is 1.73. The van der Waals surface area contributed by atoms with Gasteiger partial charge in [-0.15, -0.1) is 0 Å². The van der Waals surface area contributed by atoms with Crippen LogP contribution in [0.15, 0.2) is 30.3 Å². The number of anilines is 1. The van der Waals surface area contributed by atoms with E-state index in [0.29, 0.717) is 5.69 Å². The van der Waals surface area contributed by atoms with Crippen LogP contribution in [-0.4, -0.2) is 47.9 Å². The fourth-order valence-electron chi connectivity index (χ4n) is 2.14. The Hall–Kier alpha value is -1.75. The van der Waals surface area contributed by atoms with Gasteiger partial charge in [-0.25, -0.2) is 4.98 Å². The zero-order chi connectivity index (χ0) is 15.2. The van der Waals surface area contributed by atoms with Gasteiger partial charge in [0.2, 0.25) is 0 Å². The third kappa shape index (κ3) is 3.67. The molecule has 0 fully saturated rings. The Bertz CT molecular complexity index is 630. The minimum Gasteiger partial charge on any atom is -0.370 e. The molecule has 0 spiro atoms. The lowest BCUT2D eigenvalue weighted by molar-refractivity contribution is 0.0798. The zero-order valence-corrected chi connectivity index (χ0v) is 13.5. The molecule has 1 N–H and O–H groups in total. The highest BCUT2D eigenvalue weighted by molar-refractivity contribution is 7.98. The summed E-state index contributed by atoms with van der Waals surface area (Å²) in [5.41, 5.74) is 0.494. The van der Waals surface area contributed by atoms with Crippen LogP contribution in [0.3, 0.4) is 0 Å². The van der Waals surface area contributed by atoms with E-state index in [1.54, 1.807) is 16.7 Å². The van der Waals surface area contributed by atoms with Gasteiger partial charge < -0.3 is 10.2 Å². The monoisotopic (exact) mass is 303 g/mol. The molecule has 0 aliphatic rings. The highest BCUT2D eigenvalue weighted by atomic mass is 32.2. The summed E-state index contributed by atoms with van der Waals surface area (Å²) < 4.78 is 0. The van der Waals surface area contributed by atoms with Crippen LogP contribution in [0.2, 0.25) is 0 Å². The van der Waals surface area contributed by atoms with E-state index in [-0.39, 0.29) is 5.91 Å². The Morgan fingerprint density at radius 3 is 2.86 bits per heavy atom. The van der Waals surface area contributed by atoms with Gasteiger partial charge in [0.1, 0.15) is 11.5 Å². The summed E-state index contributed by atoms with van der Waals surface area (Å²) in [6.45, 7) is 3.53. The number of fused-ring (bicyclic) bond motifs is 1. The number of nitrogens with one attached hydrogen (secondary N) is 1. The van der Waals surface area contributed by atoms with Crippen molar-refractivity contribution in [2.75, 3.05) is 37.5 Å². The number of benzene rings is 1. The number of hydrogen-bond donors (Lipinski definition) is 1. The number of carbonyl (C=O) groups is 1. The first-order chi connectivity index (χ1) is 10.2. The van der Waals surface area contributed by atoms with Gasteiger partial charge in [-0.2, -0.15) is 11.8 Å². The van der Waals surface area contributed by atoms with Gasteiger partial charge in [0.15, 0.2) is 0 Å². The molecule has 0 radical (unpaired) electrons. The largest absolute Gasteiger partial charge is 0.370 e. The van der Waals surface area contributed by atoms with E-state index in [0.717, 1.165) is 35.4 Å². The minimum absolute atomic E-state index is 0.0334. The molecule has 2 rings (SSSR count). The Balaban J connectivity index is 2.37. The Labute approximate surface area is 129 Å². The Morgan fingerprint density at radius 2 is 2.14 bits per heavy atom. The van der Waals surface area contributed by atoms with E-state index in [9.17, 15) is 4.79 Å². The number of amides is 1. The van der Waals surface area contributed by atoms with Crippen molar-refractivity contribution in [2.45, 2.75) is 6.92 Å². The number of aromatic nitrogens is 1. The molecule has 112 valence electrons. The second-order valence-electron chi connectivity index (χ2n) is 4.83. The fraction of sp³-hybridized carbons (Fsp3) is 0.375. The maximum atomic E-state index is 12.5. The van der Waals surface area contributed by atoms with Crippen molar-refractivity contribution < 1.29 is 4.79 Å². The van der Waals surface area contributed by atoms with Crippen LogP contribution in [0, 0.1) is 0 Å². The number of thioether (sulfide) groups is 1. The average Bonchev–Trinajstić information content (AvgIpc) is 2.52. The smallest absolute Gasteiger partial charge is 0.272 e. The van der Waals surface area contributed by atoms with Crippen LogP contribution in [0.5, 0.6) is 0 Å². The molecule has 1 aromatic heterocycles. The minimum atomic E-state index is -0.0334. The Morgan fingerprint density at radius 1 is 1.38 bits per heavy atom. The van der Waals surface area contributed by atoms with Gasteiger partial charge in [0.25, 0.3) is 5.91 Å². The maximum Gasteiger partial charge on any atom is 0.272 e. The van der Waals surface area contributed by atoms with E-state index in [1.165, 1.54) is 0 Å². The lowest BCUT2D eigenvalue weighted by atomic mass is 10.1. The Kier molecular flexibility index (Phi) is 5.44. The summed E-state index contributed by atoms with van der Waals surface area (Å²) in [6, 6.07) is 9.86. The third-order valence-electron chi connectivity index (χ3n) is 3.28. The number of carbonyl (C=O) groups excluding carboxylic acids is 1. The highest BCUT2D eigenvalue weighted by Gasteiger charge is 2.15. The quantitative estimate of drug-likeness (QED) is 0.890.